The Kier molecular flexibility index (Phi) is 7.12. The Morgan fingerprint density at radius 2 is 1.96 bits per heavy atom. The summed E-state index contributed by atoms with van der Waals surface area (Å²) < 4.78 is 21.2. The number of para-hydroxylation sites is 1. The van der Waals surface area contributed by atoms with Crippen molar-refractivity contribution in [2.24, 2.45) is 0 Å². The molecule has 8 nitrogen and oxygen atoms in total. The predicted molar refractivity (Wildman–Crippen MR) is 102 cm³/mol. The van der Waals surface area contributed by atoms with Gasteiger partial charge in [-0.2, -0.15) is 0 Å². The highest BCUT2D eigenvalue weighted by atomic mass is 79.9. The molecule has 0 radical (unpaired) electrons. The first kappa shape index (κ1) is 20.6. The van der Waals surface area contributed by atoms with Crippen molar-refractivity contribution in [1.82, 2.24) is 0 Å². The molecule has 0 fully saturated rings. The maximum Gasteiger partial charge on any atom is 0.308 e. The molecule has 0 atom stereocenters. The van der Waals surface area contributed by atoms with Crippen LogP contribution in [0.15, 0.2) is 22.6 Å². The number of rotatable bonds is 8. The van der Waals surface area contributed by atoms with Crippen molar-refractivity contribution < 1.29 is 33.3 Å². The molecule has 0 spiro atoms. The maximum atomic E-state index is 12.0. The number of carbonyl (C=O) groups is 2. The molecule has 146 valence electrons. The summed E-state index contributed by atoms with van der Waals surface area (Å²) in [5.74, 6) is -1.19. The van der Waals surface area contributed by atoms with Crippen molar-refractivity contribution in [1.29, 1.82) is 0 Å². The molecule has 0 saturated carbocycles. The molecule has 2 N–H and O–H groups in total. The van der Waals surface area contributed by atoms with Gasteiger partial charge in [-0.25, -0.2) is 0 Å². The number of halogens is 1. The van der Waals surface area contributed by atoms with Gasteiger partial charge in [-0.1, -0.05) is 22.0 Å². The Morgan fingerprint density at radius 1 is 1.22 bits per heavy atom. The average Bonchev–Trinajstić information content (AvgIpc) is 2.94. The number of amides is 1. The average molecular weight is 442 g/mol. The van der Waals surface area contributed by atoms with Gasteiger partial charge in [0.15, 0.2) is 17.3 Å². The quantitative estimate of drug-likeness (QED) is 0.474. The van der Waals surface area contributed by atoms with E-state index < -0.39 is 11.7 Å². The van der Waals surface area contributed by atoms with Gasteiger partial charge in [0, 0.05) is 18.7 Å². The van der Waals surface area contributed by atoms with Crippen LogP contribution >= 0.6 is 15.9 Å². The first-order valence-electron chi connectivity index (χ1n) is 8.04. The highest BCUT2D eigenvalue weighted by Gasteiger charge is 2.28. The van der Waals surface area contributed by atoms with Crippen molar-refractivity contribution in [2.75, 3.05) is 24.9 Å². The Morgan fingerprint density at radius 3 is 2.56 bits per heavy atom. The van der Waals surface area contributed by atoms with E-state index in [9.17, 15) is 14.7 Å². The molecular weight excluding hydrogens is 422 g/mol. The minimum absolute atomic E-state index is 0.0298. The summed E-state index contributed by atoms with van der Waals surface area (Å²) in [6.07, 6.45) is 0.835. The molecule has 0 aliphatic carbocycles. The first-order valence-corrected chi connectivity index (χ1v) is 9.16. The van der Waals surface area contributed by atoms with E-state index in [-0.39, 0.29) is 29.7 Å². The molecule has 0 aliphatic rings. The van der Waals surface area contributed by atoms with E-state index in [2.05, 4.69) is 21.2 Å². The van der Waals surface area contributed by atoms with Gasteiger partial charge in [0.25, 0.3) is 0 Å². The lowest BCUT2D eigenvalue weighted by Crippen LogP contribution is -2.12. The van der Waals surface area contributed by atoms with Gasteiger partial charge < -0.3 is 23.7 Å². The van der Waals surface area contributed by atoms with Crippen LogP contribution < -0.4 is 19.5 Å². The molecule has 2 rings (SSSR count). The number of ether oxygens (including phenoxy) is 3. The molecule has 27 heavy (non-hydrogen) atoms. The lowest BCUT2D eigenvalue weighted by Gasteiger charge is -2.11. The van der Waals surface area contributed by atoms with Crippen molar-refractivity contribution in [3.05, 3.63) is 18.2 Å². The second kappa shape index (κ2) is 9.31. The van der Waals surface area contributed by atoms with Crippen LogP contribution in [-0.4, -0.2) is 36.5 Å². The van der Waals surface area contributed by atoms with E-state index in [4.69, 9.17) is 18.6 Å². The molecule has 2 aromatic rings. The van der Waals surface area contributed by atoms with Gasteiger partial charge in [-0.15, -0.1) is 0 Å². The molecular formula is C18H20BrNO7. The summed E-state index contributed by atoms with van der Waals surface area (Å²) >= 11 is 3.25. The molecule has 0 bridgehead atoms. The third-order valence-corrected chi connectivity index (χ3v) is 4.09. The van der Waals surface area contributed by atoms with Crippen LogP contribution in [-0.2, 0) is 9.59 Å². The van der Waals surface area contributed by atoms with Crippen LogP contribution in [0, 0.1) is 0 Å². The molecule has 1 aromatic heterocycles. The number of furan rings is 1. The Bertz CT molecular complexity index is 831. The summed E-state index contributed by atoms with van der Waals surface area (Å²) in [6.45, 7) is 1.18. The fraction of sp³-hybridized carbons (Fsp3) is 0.333. The zero-order valence-corrected chi connectivity index (χ0v) is 16.7. The largest absolute Gasteiger partial charge is 0.502 e. The van der Waals surface area contributed by atoms with E-state index >= 15 is 0 Å². The zero-order valence-electron chi connectivity index (χ0n) is 15.1. The van der Waals surface area contributed by atoms with Crippen LogP contribution in [0.4, 0.5) is 5.88 Å². The van der Waals surface area contributed by atoms with Crippen molar-refractivity contribution in [3.8, 4) is 34.3 Å². The number of nitrogens with one attached hydrogen (secondary N) is 1. The zero-order chi connectivity index (χ0) is 20.0. The van der Waals surface area contributed by atoms with Gasteiger partial charge in [0.1, 0.15) is 0 Å². The monoisotopic (exact) mass is 441 g/mol. The van der Waals surface area contributed by atoms with Gasteiger partial charge >= 0.3 is 5.97 Å². The SMILES string of the molecule is COc1cccc(-c2oc(NC(=O)CCCBr)c(OC(C)=O)c2O)c1OC. The molecule has 9 heteroatoms. The van der Waals surface area contributed by atoms with Gasteiger partial charge in [-0.3, -0.25) is 14.9 Å². The van der Waals surface area contributed by atoms with Crippen LogP contribution in [0.5, 0.6) is 23.0 Å². The Labute approximate surface area is 164 Å². The van der Waals surface area contributed by atoms with Crippen molar-refractivity contribution in [3.63, 3.8) is 0 Å². The predicted octanol–water partition coefficient (Wildman–Crippen LogP) is 3.71. The number of carbonyl (C=O) groups excluding carboxylic acids is 2. The molecule has 0 aliphatic heterocycles. The Balaban J connectivity index is 2.52. The molecule has 1 aromatic carbocycles. The molecule has 0 saturated heterocycles. The number of aromatic hydroxyl groups is 1. The van der Waals surface area contributed by atoms with Crippen LogP contribution in [0.3, 0.4) is 0 Å². The van der Waals surface area contributed by atoms with E-state index in [0.717, 1.165) is 0 Å². The minimum Gasteiger partial charge on any atom is -0.502 e. The summed E-state index contributed by atoms with van der Waals surface area (Å²) in [5, 5.41) is 13.7. The number of hydrogen-bond acceptors (Lipinski definition) is 7. The summed E-state index contributed by atoms with van der Waals surface area (Å²) in [4.78, 5) is 23.4. The number of benzene rings is 1. The van der Waals surface area contributed by atoms with E-state index in [1.165, 1.54) is 21.1 Å². The summed E-state index contributed by atoms with van der Waals surface area (Å²) in [7, 11) is 2.92. The van der Waals surface area contributed by atoms with Crippen LogP contribution in [0.2, 0.25) is 0 Å². The second-order valence-corrected chi connectivity index (χ2v) is 6.21. The van der Waals surface area contributed by atoms with E-state index in [1.54, 1.807) is 18.2 Å². The summed E-state index contributed by atoms with van der Waals surface area (Å²) in [5.41, 5.74) is 0.365. The topological polar surface area (TPSA) is 107 Å². The highest BCUT2D eigenvalue weighted by Crippen LogP contribution is 2.50. The number of anilines is 1. The third-order valence-electron chi connectivity index (χ3n) is 3.52. The fourth-order valence-electron chi connectivity index (χ4n) is 2.39. The van der Waals surface area contributed by atoms with Gasteiger partial charge in [0.05, 0.1) is 19.8 Å². The minimum atomic E-state index is -0.675. The third kappa shape index (κ3) is 4.73. The van der Waals surface area contributed by atoms with E-state index in [0.29, 0.717) is 28.8 Å². The van der Waals surface area contributed by atoms with Crippen molar-refractivity contribution in [2.45, 2.75) is 19.8 Å². The van der Waals surface area contributed by atoms with Crippen LogP contribution in [0.25, 0.3) is 11.3 Å². The Hall–Kier alpha value is -2.68. The number of methoxy groups -OCH3 is 2. The van der Waals surface area contributed by atoms with Gasteiger partial charge in [-0.05, 0) is 18.6 Å². The number of alkyl halides is 1. The molecule has 1 amide bonds. The molecule has 0 unspecified atom stereocenters. The van der Waals surface area contributed by atoms with Gasteiger partial charge in [0.2, 0.25) is 23.3 Å². The fourth-order valence-corrected chi connectivity index (χ4v) is 2.67. The molecule has 1 heterocycles. The lowest BCUT2D eigenvalue weighted by atomic mass is 10.1. The highest BCUT2D eigenvalue weighted by molar-refractivity contribution is 9.09. The van der Waals surface area contributed by atoms with Crippen molar-refractivity contribution >= 4 is 33.7 Å². The first-order chi connectivity index (χ1) is 12.9. The van der Waals surface area contributed by atoms with E-state index in [1.807, 2.05) is 0 Å². The standard InChI is InChI=1S/C18H20BrNO7/c1-10(21)26-17-14(23)16(27-18(17)20-13(22)8-5-9-19)11-6-4-7-12(24-2)15(11)25-3/h4,6-7,23H,5,8-9H2,1-3H3,(H,20,22). The van der Waals surface area contributed by atoms with Crippen LogP contribution in [0.1, 0.15) is 19.8 Å². The lowest BCUT2D eigenvalue weighted by molar-refractivity contribution is -0.132. The smallest absolute Gasteiger partial charge is 0.308 e. The number of hydrogen-bond donors (Lipinski definition) is 2. The normalized spacial score (nSPS) is 10.4. The number of esters is 1. The maximum absolute atomic E-state index is 12.0. The second-order valence-electron chi connectivity index (χ2n) is 5.41. The summed E-state index contributed by atoms with van der Waals surface area (Å²) in [6, 6.07) is 4.99.